The summed E-state index contributed by atoms with van der Waals surface area (Å²) in [6.07, 6.45) is -3.26. The van der Waals surface area contributed by atoms with Gasteiger partial charge >= 0.3 is 12.2 Å². The lowest BCUT2D eigenvalue weighted by Gasteiger charge is -2.34. The zero-order valence-corrected chi connectivity index (χ0v) is 12.5. The highest BCUT2D eigenvalue weighted by Gasteiger charge is 2.62. The summed E-state index contributed by atoms with van der Waals surface area (Å²) in [5, 5.41) is 0. The van der Waals surface area contributed by atoms with E-state index in [4.69, 9.17) is 23.7 Å². The van der Waals surface area contributed by atoms with Crippen LogP contribution in [0.5, 0.6) is 0 Å². The molecule has 9 heteroatoms. The number of carbonyl (C=O) groups is 3. The lowest BCUT2D eigenvalue weighted by Crippen LogP contribution is -2.59. The van der Waals surface area contributed by atoms with Crippen molar-refractivity contribution < 1.29 is 38.1 Å². The van der Waals surface area contributed by atoms with E-state index < -0.39 is 41.6 Å². The molecule has 1 spiro atoms. The van der Waals surface area contributed by atoms with E-state index in [1.165, 1.54) is 0 Å². The van der Waals surface area contributed by atoms with Gasteiger partial charge in [0.15, 0.2) is 6.10 Å². The van der Waals surface area contributed by atoms with Gasteiger partial charge in [-0.3, -0.25) is 4.79 Å². The number of ether oxygens (including phenoxy) is 5. The zero-order valence-electron chi connectivity index (χ0n) is 12.5. The maximum atomic E-state index is 12.4. The Morgan fingerprint density at radius 1 is 1.32 bits per heavy atom. The van der Waals surface area contributed by atoms with Crippen LogP contribution in [0, 0.1) is 0 Å². The molecule has 3 fully saturated rings. The van der Waals surface area contributed by atoms with Crippen LogP contribution in [0.2, 0.25) is 0 Å². The number of imide groups is 1. The average molecular weight is 315 g/mol. The monoisotopic (exact) mass is 315 g/mol. The Labute approximate surface area is 126 Å². The number of amides is 2. The van der Waals surface area contributed by atoms with E-state index in [0.29, 0.717) is 4.90 Å². The normalized spacial score (nSPS) is 34.8. The highest BCUT2D eigenvalue weighted by atomic mass is 16.8. The molecule has 0 aromatic heterocycles. The molecule has 0 bridgehead atoms. The summed E-state index contributed by atoms with van der Waals surface area (Å²) in [6.45, 7) is 4.64. The third kappa shape index (κ3) is 2.44. The first-order valence-corrected chi connectivity index (χ1v) is 6.87. The molecule has 0 aromatic carbocycles. The largest absolute Gasteiger partial charge is 0.443 e. The molecule has 22 heavy (non-hydrogen) atoms. The molecule has 3 heterocycles. The van der Waals surface area contributed by atoms with E-state index in [1.807, 2.05) is 0 Å². The second kappa shape index (κ2) is 4.90. The van der Waals surface area contributed by atoms with Gasteiger partial charge in [0.1, 0.15) is 25.0 Å². The molecule has 0 aromatic rings. The second-order valence-electron chi connectivity index (χ2n) is 6.27. The molecule has 122 valence electrons. The minimum Gasteiger partial charge on any atom is -0.443 e. The van der Waals surface area contributed by atoms with Crippen LogP contribution >= 0.6 is 0 Å². The number of hydrogen-bond donors (Lipinski definition) is 0. The van der Waals surface area contributed by atoms with Gasteiger partial charge in [-0.05, 0) is 20.8 Å². The fourth-order valence-corrected chi connectivity index (χ4v) is 2.44. The smallest absolute Gasteiger partial charge is 0.422 e. The number of ketones is 1. The van der Waals surface area contributed by atoms with Gasteiger partial charge in [-0.25, -0.2) is 14.5 Å². The van der Waals surface area contributed by atoms with Crippen LogP contribution in [-0.4, -0.2) is 66.4 Å². The fraction of sp³-hybridized carbons (Fsp3) is 0.769. The number of fused-ring (bicyclic) bond motifs is 1. The Morgan fingerprint density at radius 3 is 2.73 bits per heavy atom. The molecule has 3 aliphatic rings. The summed E-state index contributed by atoms with van der Waals surface area (Å²) < 4.78 is 25.9. The van der Waals surface area contributed by atoms with E-state index in [9.17, 15) is 14.4 Å². The van der Waals surface area contributed by atoms with E-state index >= 15 is 0 Å². The molecular formula is C13H17NO8. The molecule has 0 radical (unpaired) electrons. The van der Waals surface area contributed by atoms with Crippen LogP contribution in [0.25, 0.3) is 0 Å². The number of carbonyl (C=O) groups excluding carboxylic acids is 3. The topological polar surface area (TPSA) is 101 Å². The first-order chi connectivity index (χ1) is 10.2. The van der Waals surface area contributed by atoms with Gasteiger partial charge in [0.2, 0.25) is 5.78 Å². The van der Waals surface area contributed by atoms with Gasteiger partial charge in [-0.1, -0.05) is 0 Å². The molecule has 0 aliphatic carbocycles. The van der Waals surface area contributed by atoms with E-state index in [2.05, 4.69) is 0 Å². The summed E-state index contributed by atoms with van der Waals surface area (Å²) in [5.41, 5.74) is -0.780. The van der Waals surface area contributed by atoms with E-state index in [-0.39, 0.29) is 19.9 Å². The lowest BCUT2D eigenvalue weighted by molar-refractivity contribution is -0.219. The Morgan fingerprint density at radius 2 is 2.05 bits per heavy atom. The quantitative estimate of drug-likeness (QED) is 0.633. The van der Waals surface area contributed by atoms with Crippen LogP contribution < -0.4 is 0 Å². The van der Waals surface area contributed by atoms with Gasteiger partial charge in [0.25, 0.3) is 5.79 Å². The summed E-state index contributed by atoms with van der Waals surface area (Å²) in [4.78, 5) is 37.1. The maximum Gasteiger partial charge on any atom is 0.422 e. The van der Waals surface area contributed by atoms with E-state index in [0.717, 1.165) is 0 Å². The van der Waals surface area contributed by atoms with Crippen molar-refractivity contribution in [1.82, 2.24) is 4.90 Å². The molecule has 9 nitrogen and oxygen atoms in total. The van der Waals surface area contributed by atoms with Crippen molar-refractivity contribution in [2.45, 2.75) is 44.4 Å². The number of nitrogens with zero attached hydrogens (tertiary/aromatic N) is 1. The number of rotatable bonds is 0. The third-order valence-electron chi connectivity index (χ3n) is 3.43. The second-order valence-corrected chi connectivity index (χ2v) is 6.27. The summed E-state index contributed by atoms with van der Waals surface area (Å²) in [5.74, 6) is -2.41. The van der Waals surface area contributed by atoms with Gasteiger partial charge < -0.3 is 23.7 Å². The van der Waals surface area contributed by atoms with Crippen LogP contribution in [-0.2, 0) is 28.5 Å². The number of Topliss-reactive ketones (excluding diaryl/α,β-unsaturated/α-hetero) is 1. The molecule has 3 rings (SSSR count). The van der Waals surface area contributed by atoms with Crippen LogP contribution in [0.4, 0.5) is 9.59 Å². The average Bonchev–Trinajstić information content (AvgIpc) is 2.98. The Balaban J connectivity index is 1.76. The minimum absolute atomic E-state index is 0.0236. The lowest BCUT2D eigenvalue weighted by atomic mass is 9.99. The van der Waals surface area contributed by atoms with Crippen molar-refractivity contribution in [3.8, 4) is 0 Å². The van der Waals surface area contributed by atoms with Crippen molar-refractivity contribution in [2.75, 3.05) is 19.9 Å². The Kier molecular flexibility index (Phi) is 3.38. The summed E-state index contributed by atoms with van der Waals surface area (Å²) in [6, 6.07) is 0. The minimum atomic E-state index is -1.84. The molecule has 3 aliphatic heterocycles. The first kappa shape index (κ1) is 15.2. The molecule has 2 amide bonds. The SMILES string of the molecule is CC(C)(C)OC(=O)N1C[C@]2(OC[C@H]3OCO[C@H]3C2=O)OC1=O. The van der Waals surface area contributed by atoms with Crippen LogP contribution in [0.1, 0.15) is 20.8 Å². The fourth-order valence-electron chi connectivity index (χ4n) is 2.44. The van der Waals surface area contributed by atoms with Gasteiger partial charge in [-0.15, -0.1) is 0 Å². The molecule has 0 N–H and O–H groups in total. The van der Waals surface area contributed by atoms with Crippen LogP contribution in [0.15, 0.2) is 0 Å². The highest BCUT2D eigenvalue weighted by molar-refractivity contribution is 5.99. The van der Waals surface area contributed by atoms with Crippen molar-refractivity contribution in [2.24, 2.45) is 0 Å². The summed E-state index contributed by atoms with van der Waals surface area (Å²) >= 11 is 0. The third-order valence-corrected chi connectivity index (χ3v) is 3.43. The van der Waals surface area contributed by atoms with Crippen molar-refractivity contribution >= 4 is 18.0 Å². The van der Waals surface area contributed by atoms with Crippen molar-refractivity contribution in [3.05, 3.63) is 0 Å². The Bertz CT molecular complexity index is 527. The Hall–Kier alpha value is -1.71. The molecule has 3 atom stereocenters. The first-order valence-electron chi connectivity index (χ1n) is 6.87. The van der Waals surface area contributed by atoms with Gasteiger partial charge in [0, 0.05) is 0 Å². The van der Waals surface area contributed by atoms with E-state index in [1.54, 1.807) is 20.8 Å². The predicted molar refractivity (Wildman–Crippen MR) is 67.7 cm³/mol. The van der Waals surface area contributed by atoms with Gasteiger partial charge in [-0.2, -0.15) is 0 Å². The number of hydrogen-bond acceptors (Lipinski definition) is 8. The molecular weight excluding hydrogens is 298 g/mol. The van der Waals surface area contributed by atoms with Crippen molar-refractivity contribution in [1.29, 1.82) is 0 Å². The van der Waals surface area contributed by atoms with Crippen molar-refractivity contribution in [3.63, 3.8) is 0 Å². The highest BCUT2D eigenvalue weighted by Crippen LogP contribution is 2.35. The standard InChI is InChI=1S/C13H17NO8/c1-12(2,3)21-10(16)14-5-13(22-11(14)17)9(15)8-7(4-20-13)18-6-19-8/h7-8H,4-6H2,1-3H3/t7-,8-,13+/m1/s1. The maximum absolute atomic E-state index is 12.4. The van der Waals surface area contributed by atoms with Gasteiger partial charge in [0.05, 0.1) is 6.61 Å². The molecule has 0 saturated carbocycles. The molecule has 0 unspecified atom stereocenters. The summed E-state index contributed by atoms with van der Waals surface area (Å²) in [7, 11) is 0. The molecule has 3 saturated heterocycles. The predicted octanol–water partition coefficient (Wildman–Crippen LogP) is 0.411. The van der Waals surface area contributed by atoms with Crippen LogP contribution in [0.3, 0.4) is 0 Å². The zero-order chi connectivity index (χ0) is 16.1.